The van der Waals surface area contributed by atoms with Gasteiger partial charge in [0.1, 0.15) is 18.5 Å². The van der Waals surface area contributed by atoms with Crippen LogP contribution in [0.3, 0.4) is 0 Å². The van der Waals surface area contributed by atoms with Gasteiger partial charge in [0.15, 0.2) is 11.6 Å². The van der Waals surface area contributed by atoms with E-state index in [-0.39, 0.29) is 18.1 Å². The number of cyclic esters (lactones) is 1. The summed E-state index contributed by atoms with van der Waals surface area (Å²) >= 11 is 0. The predicted octanol–water partition coefficient (Wildman–Crippen LogP) is 2.99. The molecule has 162 valence electrons. The molecule has 0 saturated carbocycles. The molecule has 1 aromatic carbocycles. The number of hydrogen-bond acceptors (Lipinski definition) is 5. The van der Waals surface area contributed by atoms with Crippen molar-refractivity contribution in [1.82, 2.24) is 14.9 Å². The Morgan fingerprint density at radius 2 is 2.00 bits per heavy atom. The van der Waals surface area contributed by atoms with Crippen molar-refractivity contribution >= 4 is 17.4 Å². The molecule has 1 aliphatic rings. The molecule has 1 unspecified atom stereocenters. The third-order valence-corrected chi connectivity index (χ3v) is 4.99. The molecule has 1 atom stereocenters. The molecule has 3 heterocycles. The van der Waals surface area contributed by atoms with Crippen LogP contribution in [0.4, 0.5) is 13.2 Å². The first-order valence-corrected chi connectivity index (χ1v) is 9.49. The minimum absolute atomic E-state index is 0.112. The third kappa shape index (κ3) is 3.80. The normalized spacial score (nSPS) is 15.9. The molecule has 3 aromatic rings. The van der Waals surface area contributed by atoms with E-state index < -0.39 is 47.5 Å². The van der Waals surface area contributed by atoms with E-state index in [1.807, 2.05) is 0 Å². The third-order valence-electron chi connectivity index (χ3n) is 4.99. The number of benzene rings is 1. The molecular formula is C21H18F3N3O4. The van der Waals surface area contributed by atoms with Gasteiger partial charge in [0.2, 0.25) is 5.88 Å². The Bertz CT molecular complexity index is 1210. The Hall–Kier alpha value is -3.56. The fourth-order valence-corrected chi connectivity index (χ4v) is 3.45. The van der Waals surface area contributed by atoms with Gasteiger partial charge in [-0.1, -0.05) is 0 Å². The zero-order valence-electron chi connectivity index (χ0n) is 16.7. The van der Waals surface area contributed by atoms with E-state index in [2.05, 4.69) is 10.4 Å². The smallest absolute Gasteiger partial charge is 0.328 e. The van der Waals surface area contributed by atoms with Gasteiger partial charge in [-0.25, -0.2) is 18.0 Å². The van der Waals surface area contributed by atoms with Crippen LogP contribution in [-0.2, 0) is 16.1 Å². The lowest BCUT2D eigenvalue weighted by Gasteiger charge is -2.12. The van der Waals surface area contributed by atoms with E-state index in [0.717, 1.165) is 6.07 Å². The van der Waals surface area contributed by atoms with Gasteiger partial charge in [-0.15, -0.1) is 0 Å². The number of nitrogens with one attached hydrogen (secondary N) is 1. The number of pyridine rings is 1. The number of hydrogen-bond donors (Lipinski definition) is 1. The highest BCUT2D eigenvalue weighted by Gasteiger charge is 2.30. The SMILES string of the molecule is Cc1cc(OCc2c(F)ccc(F)c2F)n2nc(C)c(C(=O)NC3CCOC3=O)c2c1. The maximum Gasteiger partial charge on any atom is 0.328 e. The summed E-state index contributed by atoms with van der Waals surface area (Å²) in [7, 11) is 0. The monoisotopic (exact) mass is 433 g/mol. The van der Waals surface area contributed by atoms with Crippen LogP contribution < -0.4 is 10.1 Å². The van der Waals surface area contributed by atoms with Gasteiger partial charge < -0.3 is 14.8 Å². The van der Waals surface area contributed by atoms with Gasteiger partial charge in [-0.3, -0.25) is 4.79 Å². The van der Waals surface area contributed by atoms with Crippen molar-refractivity contribution in [3.8, 4) is 5.88 Å². The van der Waals surface area contributed by atoms with Crippen molar-refractivity contribution in [3.05, 3.63) is 64.1 Å². The molecule has 0 bridgehead atoms. The zero-order chi connectivity index (χ0) is 22.3. The lowest BCUT2D eigenvalue weighted by Crippen LogP contribution is -2.38. The van der Waals surface area contributed by atoms with Crippen LogP contribution in [0.25, 0.3) is 5.52 Å². The standard InChI is InChI=1S/C21H18F3N3O4/c1-10-7-16-18(20(28)25-15-5-6-30-21(15)29)11(2)26-27(16)17(8-10)31-9-12-13(22)3-4-14(23)19(12)24/h3-4,7-8,15H,5-6,9H2,1-2H3,(H,25,28). The molecular weight excluding hydrogens is 415 g/mol. The first-order chi connectivity index (χ1) is 14.8. The first kappa shape index (κ1) is 20.7. The second-order valence-electron chi connectivity index (χ2n) is 7.22. The summed E-state index contributed by atoms with van der Waals surface area (Å²) in [4.78, 5) is 24.5. The summed E-state index contributed by atoms with van der Waals surface area (Å²) < 4.78 is 53.1. The minimum Gasteiger partial charge on any atom is -0.473 e. The fourth-order valence-electron chi connectivity index (χ4n) is 3.45. The zero-order valence-corrected chi connectivity index (χ0v) is 16.7. The number of carbonyl (C=O) groups is 2. The highest BCUT2D eigenvalue weighted by atomic mass is 19.2. The number of carbonyl (C=O) groups excluding carboxylic acids is 2. The first-order valence-electron chi connectivity index (χ1n) is 9.49. The van der Waals surface area contributed by atoms with Crippen LogP contribution in [-0.4, -0.2) is 34.1 Å². The van der Waals surface area contributed by atoms with Crippen LogP contribution in [0.1, 0.15) is 33.6 Å². The Labute approximate surface area is 174 Å². The van der Waals surface area contributed by atoms with Gasteiger partial charge in [0, 0.05) is 12.5 Å². The summed E-state index contributed by atoms with van der Waals surface area (Å²) in [6.07, 6.45) is 0.376. The van der Waals surface area contributed by atoms with E-state index in [1.165, 1.54) is 4.52 Å². The topological polar surface area (TPSA) is 81.9 Å². The molecule has 0 spiro atoms. The molecule has 4 rings (SSSR count). The number of ether oxygens (including phenoxy) is 2. The Morgan fingerprint density at radius 3 is 2.71 bits per heavy atom. The molecule has 1 aliphatic heterocycles. The van der Waals surface area contributed by atoms with Crippen molar-refractivity contribution in [1.29, 1.82) is 0 Å². The van der Waals surface area contributed by atoms with Crippen molar-refractivity contribution < 1.29 is 32.2 Å². The number of aryl methyl sites for hydroxylation is 2. The molecule has 2 aromatic heterocycles. The van der Waals surface area contributed by atoms with Gasteiger partial charge in [-0.2, -0.15) is 9.61 Å². The minimum atomic E-state index is -1.33. The molecule has 10 heteroatoms. The van der Waals surface area contributed by atoms with Crippen LogP contribution in [0, 0.1) is 31.3 Å². The van der Waals surface area contributed by atoms with Gasteiger partial charge in [0.25, 0.3) is 5.91 Å². The molecule has 1 saturated heterocycles. The maximum absolute atomic E-state index is 13.9. The van der Waals surface area contributed by atoms with E-state index >= 15 is 0 Å². The van der Waals surface area contributed by atoms with E-state index in [0.29, 0.717) is 29.3 Å². The second-order valence-corrected chi connectivity index (χ2v) is 7.22. The van der Waals surface area contributed by atoms with E-state index in [1.54, 1.807) is 26.0 Å². The second kappa shape index (κ2) is 7.93. The summed E-state index contributed by atoms with van der Waals surface area (Å²) in [5, 5.41) is 6.93. The molecule has 0 radical (unpaired) electrons. The molecule has 7 nitrogen and oxygen atoms in total. The van der Waals surface area contributed by atoms with Crippen LogP contribution in [0.15, 0.2) is 24.3 Å². The average Bonchev–Trinajstić information content (AvgIpc) is 3.26. The average molecular weight is 433 g/mol. The molecule has 31 heavy (non-hydrogen) atoms. The Morgan fingerprint density at radius 1 is 1.26 bits per heavy atom. The number of esters is 1. The summed E-state index contributed by atoms with van der Waals surface area (Å²) in [5.74, 6) is -4.35. The van der Waals surface area contributed by atoms with Crippen molar-refractivity contribution in [2.24, 2.45) is 0 Å². The summed E-state index contributed by atoms with van der Waals surface area (Å²) in [6.45, 7) is 3.01. The summed E-state index contributed by atoms with van der Waals surface area (Å²) in [6, 6.07) is 4.04. The summed E-state index contributed by atoms with van der Waals surface area (Å²) in [5.41, 5.74) is 1.11. The molecule has 0 aliphatic carbocycles. The Kier molecular flexibility index (Phi) is 5.30. The van der Waals surface area contributed by atoms with E-state index in [4.69, 9.17) is 9.47 Å². The van der Waals surface area contributed by atoms with Crippen LogP contribution in [0.5, 0.6) is 5.88 Å². The largest absolute Gasteiger partial charge is 0.473 e. The highest BCUT2D eigenvalue weighted by Crippen LogP contribution is 2.25. The van der Waals surface area contributed by atoms with Crippen molar-refractivity contribution in [2.75, 3.05) is 6.61 Å². The van der Waals surface area contributed by atoms with Crippen LogP contribution >= 0.6 is 0 Å². The van der Waals surface area contributed by atoms with Gasteiger partial charge in [-0.05, 0) is 37.6 Å². The molecule has 1 fully saturated rings. The fraction of sp³-hybridized carbons (Fsp3) is 0.286. The maximum atomic E-state index is 13.9. The number of rotatable bonds is 5. The highest BCUT2D eigenvalue weighted by molar-refractivity contribution is 6.03. The quantitative estimate of drug-likeness (QED) is 0.494. The van der Waals surface area contributed by atoms with Crippen molar-refractivity contribution in [2.45, 2.75) is 32.9 Å². The van der Waals surface area contributed by atoms with Crippen molar-refractivity contribution in [3.63, 3.8) is 0 Å². The number of nitrogens with zero attached hydrogens (tertiary/aromatic N) is 2. The number of aromatic nitrogens is 2. The Balaban J connectivity index is 1.67. The molecule has 1 N–H and O–H groups in total. The number of fused-ring (bicyclic) bond motifs is 1. The lowest BCUT2D eigenvalue weighted by atomic mass is 10.1. The predicted molar refractivity (Wildman–Crippen MR) is 102 cm³/mol. The molecule has 1 amide bonds. The number of amides is 1. The number of halogens is 3. The van der Waals surface area contributed by atoms with Gasteiger partial charge >= 0.3 is 5.97 Å². The lowest BCUT2D eigenvalue weighted by molar-refractivity contribution is -0.139. The van der Waals surface area contributed by atoms with Crippen LogP contribution in [0.2, 0.25) is 0 Å². The van der Waals surface area contributed by atoms with E-state index in [9.17, 15) is 22.8 Å². The van der Waals surface area contributed by atoms with Gasteiger partial charge in [0.05, 0.1) is 28.9 Å².